The molecule has 0 aliphatic rings. The first kappa shape index (κ1) is 13.5. The maximum absolute atomic E-state index is 13.6. The zero-order valence-corrected chi connectivity index (χ0v) is 11.1. The van der Waals surface area contributed by atoms with Gasteiger partial charge in [-0.1, -0.05) is 6.92 Å². The third kappa shape index (κ3) is 2.73. The molecule has 0 saturated heterocycles. The van der Waals surface area contributed by atoms with E-state index in [1.165, 1.54) is 19.2 Å². The number of hydrogen-bond acceptors (Lipinski definition) is 5. The maximum Gasteiger partial charge on any atom is 0.247 e. The number of aromatic nitrogens is 2. The molecule has 1 aromatic heterocycles. The molecule has 0 fully saturated rings. The van der Waals surface area contributed by atoms with E-state index in [0.29, 0.717) is 17.3 Å². The van der Waals surface area contributed by atoms with Crippen molar-refractivity contribution in [1.29, 1.82) is 0 Å². The fraction of sp³-hybridized carbons (Fsp3) is 0.385. The largest absolute Gasteiger partial charge is 0.494 e. The number of rotatable bonds is 5. The number of methoxy groups -OCH3 is 1. The van der Waals surface area contributed by atoms with Gasteiger partial charge in [0.05, 0.1) is 13.2 Å². The van der Waals surface area contributed by atoms with Crippen LogP contribution in [0.25, 0.3) is 11.5 Å². The highest BCUT2D eigenvalue weighted by Crippen LogP contribution is 2.26. The molecule has 1 heterocycles. The highest BCUT2D eigenvalue weighted by molar-refractivity contribution is 5.54. The zero-order valence-electron chi connectivity index (χ0n) is 11.1. The van der Waals surface area contributed by atoms with Crippen molar-refractivity contribution in [3.8, 4) is 17.2 Å². The van der Waals surface area contributed by atoms with Crippen LogP contribution in [-0.2, 0) is 0 Å². The molecular formula is C13H16FN3O2. The summed E-state index contributed by atoms with van der Waals surface area (Å²) in [5, 5.41) is 11.0. The summed E-state index contributed by atoms with van der Waals surface area (Å²) < 4.78 is 24.0. The van der Waals surface area contributed by atoms with Crippen LogP contribution in [0.3, 0.4) is 0 Å². The molecule has 0 bridgehead atoms. The van der Waals surface area contributed by atoms with Gasteiger partial charge in [-0.3, -0.25) is 0 Å². The number of hydrogen-bond donors (Lipinski definition) is 1. The second-order valence-corrected chi connectivity index (χ2v) is 4.04. The molecule has 0 aliphatic carbocycles. The Hall–Kier alpha value is -1.95. The van der Waals surface area contributed by atoms with Crippen molar-refractivity contribution in [3.63, 3.8) is 0 Å². The SMILES string of the molecule is CCC(NC)c1nnc(-c2ccc(OC)c(F)c2)o1. The minimum absolute atomic E-state index is 0.00402. The van der Waals surface area contributed by atoms with Gasteiger partial charge in [0.2, 0.25) is 11.8 Å². The van der Waals surface area contributed by atoms with E-state index in [9.17, 15) is 4.39 Å². The average molecular weight is 265 g/mol. The second kappa shape index (κ2) is 5.79. The molecule has 19 heavy (non-hydrogen) atoms. The van der Waals surface area contributed by atoms with Gasteiger partial charge in [-0.25, -0.2) is 4.39 Å². The van der Waals surface area contributed by atoms with Crippen LogP contribution in [0.2, 0.25) is 0 Å². The van der Waals surface area contributed by atoms with E-state index < -0.39 is 5.82 Å². The Bertz CT molecular complexity index is 553. The van der Waals surface area contributed by atoms with Crippen molar-refractivity contribution in [1.82, 2.24) is 15.5 Å². The van der Waals surface area contributed by atoms with Crippen molar-refractivity contribution >= 4 is 0 Å². The Morgan fingerprint density at radius 3 is 2.79 bits per heavy atom. The van der Waals surface area contributed by atoms with Gasteiger partial charge < -0.3 is 14.5 Å². The fourth-order valence-corrected chi connectivity index (χ4v) is 1.79. The minimum atomic E-state index is -0.458. The quantitative estimate of drug-likeness (QED) is 0.900. The number of nitrogens with one attached hydrogen (secondary N) is 1. The summed E-state index contributed by atoms with van der Waals surface area (Å²) in [4.78, 5) is 0. The molecule has 6 heteroatoms. The van der Waals surface area contributed by atoms with Crippen molar-refractivity contribution < 1.29 is 13.5 Å². The molecule has 2 rings (SSSR count). The molecular weight excluding hydrogens is 249 g/mol. The van der Waals surface area contributed by atoms with Crippen LogP contribution >= 0.6 is 0 Å². The van der Waals surface area contributed by atoms with E-state index in [1.54, 1.807) is 6.07 Å². The molecule has 1 aromatic carbocycles. The Balaban J connectivity index is 2.30. The molecule has 0 radical (unpaired) electrons. The summed E-state index contributed by atoms with van der Waals surface area (Å²) in [6, 6.07) is 4.53. The van der Waals surface area contributed by atoms with E-state index in [1.807, 2.05) is 14.0 Å². The van der Waals surface area contributed by atoms with Gasteiger partial charge in [0.15, 0.2) is 11.6 Å². The minimum Gasteiger partial charge on any atom is -0.494 e. The van der Waals surface area contributed by atoms with Gasteiger partial charge in [0, 0.05) is 5.56 Å². The molecule has 102 valence electrons. The smallest absolute Gasteiger partial charge is 0.247 e. The monoisotopic (exact) mass is 265 g/mol. The van der Waals surface area contributed by atoms with Crippen LogP contribution in [0.5, 0.6) is 5.75 Å². The lowest BCUT2D eigenvalue weighted by Crippen LogP contribution is -2.15. The van der Waals surface area contributed by atoms with Crippen molar-refractivity contribution in [2.24, 2.45) is 0 Å². The van der Waals surface area contributed by atoms with E-state index in [0.717, 1.165) is 6.42 Å². The lowest BCUT2D eigenvalue weighted by atomic mass is 10.2. The van der Waals surface area contributed by atoms with Crippen molar-refractivity contribution in [2.45, 2.75) is 19.4 Å². The van der Waals surface area contributed by atoms with E-state index >= 15 is 0 Å². The first-order valence-electron chi connectivity index (χ1n) is 6.04. The first-order chi connectivity index (χ1) is 9.19. The van der Waals surface area contributed by atoms with E-state index in [4.69, 9.17) is 9.15 Å². The Morgan fingerprint density at radius 2 is 2.21 bits per heavy atom. The van der Waals surface area contributed by atoms with Crippen LogP contribution in [0.15, 0.2) is 22.6 Å². The van der Waals surface area contributed by atoms with Gasteiger partial charge in [-0.05, 0) is 31.7 Å². The van der Waals surface area contributed by atoms with Crippen LogP contribution in [0.1, 0.15) is 25.3 Å². The van der Waals surface area contributed by atoms with Gasteiger partial charge in [0.1, 0.15) is 0 Å². The molecule has 0 spiro atoms. The Morgan fingerprint density at radius 1 is 1.42 bits per heavy atom. The third-order valence-corrected chi connectivity index (χ3v) is 2.89. The number of benzene rings is 1. The summed E-state index contributed by atoms with van der Waals surface area (Å²) in [5.74, 6) is 0.520. The van der Waals surface area contributed by atoms with Gasteiger partial charge in [0.25, 0.3) is 0 Å². The highest BCUT2D eigenvalue weighted by atomic mass is 19.1. The summed E-state index contributed by atoms with van der Waals surface area (Å²) in [7, 11) is 3.24. The second-order valence-electron chi connectivity index (χ2n) is 4.04. The highest BCUT2D eigenvalue weighted by Gasteiger charge is 2.16. The maximum atomic E-state index is 13.6. The topological polar surface area (TPSA) is 60.2 Å². The predicted molar refractivity (Wildman–Crippen MR) is 68.3 cm³/mol. The van der Waals surface area contributed by atoms with Gasteiger partial charge >= 0.3 is 0 Å². The molecule has 0 saturated carbocycles. The lowest BCUT2D eigenvalue weighted by Gasteiger charge is -2.07. The summed E-state index contributed by atoms with van der Waals surface area (Å²) >= 11 is 0. The van der Waals surface area contributed by atoms with Gasteiger partial charge in [-0.2, -0.15) is 0 Å². The average Bonchev–Trinajstić information content (AvgIpc) is 2.90. The van der Waals surface area contributed by atoms with E-state index in [2.05, 4.69) is 15.5 Å². The number of nitrogens with zero attached hydrogens (tertiary/aromatic N) is 2. The standard InChI is InChI=1S/C13H16FN3O2/c1-4-10(15-2)13-17-16-12(19-13)8-5-6-11(18-3)9(14)7-8/h5-7,10,15H,4H2,1-3H3. The summed E-state index contributed by atoms with van der Waals surface area (Å²) in [6.45, 7) is 2.01. The molecule has 5 nitrogen and oxygen atoms in total. The summed E-state index contributed by atoms with van der Waals surface area (Å²) in [5.41, 5.74) is 0.531. The van der Waals surface area contributed by atoms with Crippen LogP contribution < -0.4 is 10.1 Å². The lowest BCUT2D eigenvalue weighted by molar-refractivity contribution is 0.386. The van der Waals surface area contributed by atoms with Crippen LogP contribution in [0.4, 0.5) is 4.39 Å². The Labute approximate surface area is 110 Å². The normalized spacial score (nSPS) is 12.4. The van der Waals surface area contributed by atoms with E-state index in [-0.39, 0.29) is 11.8 Å². The predicted octanol–water partition coefficient (Wildman–Crippen LogP) is 2.55. The molecule has 1 unspecified atom stereocenters. The number of halogens is 1. The first-order valence-corrected chi connectivity index (χ1v) is 6.04. The number of ether oxygens (including phenoxy) is 1. The molecule has 0 amide bonds. The Kier molecular flexibility index (Phi) is 4.11. The molecule has 1 N–H and O–H groups in total. The third-order valence-electron chi connectivity index (χ3n) is 2.89. The van der Waals surface area contributed by atoms with Crippen molar-refractivity contribution in [2.75, 3.05) is 14.2 Å². The molecule has 1 atom stereocenters. The fourth-order valence-electron chi connectivity index (χ4n) is 1.79. The van der Waals surface area contributed by atoms with Crippen LogP contribution in [0, 0.1) is 5.82 Å². The van der Waals surface area contributed by atoms with Crippen molar-refractivity contribution in [3.05, 3.63) is 29.9 Å². The van der Waals surface area contributed by atoms with Gasteiger partial charge in [-0.15, -0.1) is 10.2 Å². The molecule has 2 aromatic rings. The summed E-state index contributed by atoms with van der Waals surface area (Å²) in [6.07, 6.45) is 0.828. The molecule has 0 aliphatic heterocycles. The zero-order chi connectivity index (χ0) is 13.8. The van der Waals surface area contributed by atoms with Crippen LogP contribution in [-0.4, -0.2) is 24.4 Å².